The number of rotatable bonds is 3. The molecule has 0 fully saturated rings. The number of aliphatic hydroxyl groups is 1. The molecule has 18 heavy (non-hydrogen) atoms. The first-order valence-corrected chi connectivity index (χ1v) is 5.36. The SMILES string of the molecule is O=c1ccn(CC(O)c2cccc(F)c2F)cc1. The standard InChI is InChI=1S/C13H11F2NO2/c14-11-3-1-2-10(13(11)15)12(18)8-16-6-4-9(17)5-7-16/h1-7,12,18H,8H2. The van der Waals surface area contributed by atoms with Crippen LogP contribution >= 0.6 is 0 Å². The molecular formula is C13H11F2NO2. The molecule has 5 heteroatoms. The second-order valence-electron chi connectivity index (χ2n) is 3.89. The summed E-state index contributed by atoms with van der Waals surface area (Å²) in [6, 6.07) is 6.31. The normalized spacial score (nSPS) is 12.4. The molecule has 0 aliphatic heterocycles. The average Bonchev–Trinajstić information content (AvgIpc) is 2.35. The Morgan fingerprint density at radius 3 is 2.50 bits per heavy atom. The van der Waals surface area contributed by atoms with Crippen molar-refractivity contribution < 1.29 is 13.9 Å². The minimum absolute atomic E-state index is 0.0423. The van der Waals surface area contributed by atoms with Crippen molar-refractivity contribution in [2.45, 2.75) is 12.6 Å². The lowest BCUT2D eigenvalue weighted by Gasteiger charge is -2.14. The summed E-state index contributed by atoms with van der Waals surface area (Å²) in [7, 11) is 0. The summed E-state index contributed by atoms with van der Waals surface area (Å²) in [5, 5.41) is 9.84. The van der Waals surface area contributed by atoms with Crippen molar-refractivity contribution in [1.29, 1.82) is 0 Å². The highest BCUT2D eigenvalue weighted by atomic mass is 19.2. The van der Waals surface area contributed by atoms with Crippen LogP contribution in [0.4, 0.5) is 8.78 Å². The van der Waals surface area contributed by atoms with Gasteiger partial charge >= 0.3 is 0 Å². The third-order valence-corrected chi connectivity index (χ3v) is 2.58. The van der Waals surface area contributed by atoms with Gasteiger partial charge in [0.25, 0.3) is 0 Å². The summed E-state index contributed by atoms with van der Waals surface area (Å²) in [4.78, 5) is 10.9. The lowest BCUT2D eigenvalue weighted by molar-refractivity contribution is 0.150. The quantitative estimate of drug-likeness (QED) is 0.904. The Hall–Kier alpha value is -2.01. The van der Waals surface area contributed by atoms with Gasteiger partial charge in [0.15, 0.2) is 17.1 Å². The smallest absolute Gasteiger partial charge is 0.181 e. The number of benzene rings is 1. The maximum absolute atomic E-state index is 13.4. The van der Waals surface area contributed by atoms with Crippen molar-refractivity contribution in [2.75, 3.05) is 0 Å². The second kappa shape index (κ2) is 5.10. The summed E-state index contributed by atoms with van der Waals surface area (Å²) in [6.07, 6.45) is 1.77. The molecule has 0 bridgehead atoms. The van der Waals surface area contributed by atoms with E-state index in [1.54, 1.807) is 0 Å². The monoisotopic (exact) mass is 251 g/mol. The van der Waals surface area contributed by atoms with Gasteiger partial charge in [-0.15, -0.1) is 0 Å². The van der Waals surface area contributed by atoms with E-state index in [9.17, 15) is 18.7 Å². The molecule has 2 aromatic rings. The summed E-state index contributed by atoms with van der Waals surface area (Å²) in [6.45, 7) is 0.0423. The number of hydrogen-bond acceptors (Lipinski definition) is 2. The van der Waals surface area contributed by atoms with Crippen LogP contribution in [0.5, 0.6) is 0 Å². The van der Waals surface area contributed by atoms with E-state index in [1.165, 1.54) is 41.2 Å². The Labute approximate surface area is 102 Å². The fraction of sp³-hybridized carbons (Fsp3) is 0.154. The van der Waals surface area contributed by atoms with E-state index in [0.29, 0.717) is 0 Å². The summed E-state index contributed by atoms with van der Waals surface area (Å²) in [5.74, 6) is -2.04. The molecule has 1 heterocycles. The molecule has 0 aliphatic rings. The highest BCUT2D eigenvalue weighted by Gasteiger charge is 2.15. The van der Waals surface area contributed by atoms with E-state index in [-0.39, 0.29) is 17.5 Å². The van der Waals surface area contributed by atoms with Gasteiger partial charge in [0, 0.05) is 30.1 Å². The Bertz CT molecular complexity index is 590. The van der Waals surface area contributed by atoms with Crippen LogP contribution in [0.1, 0.15) is 11.7 Å². The van der Waals surface area contributed by atoms with E-state index >= 15 is 0 Å². The van der Waals surface area contributed by atoms with Crippen molar-refractivity contribution in [1.82, 2.24) is 4.57 Å². The topological polar surface area (TPSA) is 42.2 Å². The van der Waals surface area contributed by atoms with E-state index in [2.05, 4.69) is 0 Å². The first-order chi connectivity index (χ1) is 8.58. The Kier molecular flexibility index (Phi) is 3.53. The number of aromatic nitrogens is 1. The van der Waals surface area contributed by atoms with Crippen molar-refractivity contribution >= 4 is 0 Å². The molecule has 0 amide bonds. The molecule has 1 unspecified atom stereocenters. The number of nitrogens with zero attached hydrogens (tertiary/aromatic N) is 1. The van der Waals surface area contributed by atoms with Gasteiger partial charge in [-0.2, -0.15) is 0 Å². The first-order valence-electron chi connectivity index (χ1n) is 5.36. The molecule has 1 atom stereocenters. The van der Waals surface area contributed by atoms with Crippen molar-refractivity contribution in [3.8, 4) is 0 Å². The number of aliphatic hydroxyl groups excluding tert-OH is 1. The molecule has 94 valence electrons. The van der Waals surface area contributed by atoms with Crippen LogP contribution in [-0.4, -0.2) is 9.67 Å². The van der Waals surface area contributed by atoms with Gasteiger partial charge in [0.2, 0.25) is 0 Å². The van der Waals surface area contributed by atoms with Crippen LogP contribution in [0, 0.1) is 11.6 Å². The van der Waals surface area contributed by atoms with Gasteiger partial charge in [0.05, 0.1) is 12.6 Å². The summed E-state index contributed by atoms with van der Waals surface area (Å²) >= 11 is 0. The lowest BCUT2D eigenvalue weighted by Crippen LogP contribution is -2.12. The van der Waals surface area contributed by atoms with E-state index in [4.69, 9.17) is 0 Å². The van der Waals surface area contributed by atoms with Crippen LogP contribution in [0.25, 0.3) is 0 Å². The molecule has 0 radical (unpaired) electrons. The highest BCUT2D eigenvalue weighted by molar-refractivity contribution is 5.21. The van der Waals surface area contributed by atoms with E-state index < -0.39 is 17.7 Å². The van der Waals surface area contributed by atoms with E-state index in [1.807, 2.05) is 0 Å². The van der Waals surface area contributed by atoms with Gasteiger partial charge in [-0.3, -0.25) is 4.79 Å². The molecule has 1 aromatic heterocycles. The third-order valence-electron chi connectivity index (χ3n) is 2.58. The van der Waals surface area contributed by atoms with Crippen LogP contribution in [0.2, 0.25) is 0 Å². The first kappa shape index (κ1) is 12.4. The summed E-state index contributed by atoms with van der Waals surface area (Å²) in [5.41, 5.74) is -0.258. The highest BCUT2D eigenvalue weighted by Crippen LogP contribution is 2.20. The summed E-state index contributed by atoms with van der Waals surface area (Å²) < 4.78 is 27.9. The Morgan fingerprint density at radius 2 is 1.83 bits per heavy atom. The number of halogens is 2. The third kappa shape index (κ3) is 2.62. The zero-order chi connectivity index (χ0) is 13.1. The van der Waals surface area contributed by atoms with Crippen LogP contribution in [0.3, 0.4) is 0 Å². The number of hydrogen-bond donors (Lipinski definition) is 1. The molecule has 0 saturated carbocycles. The Morgan fingerprint density at radius 1 is 1.17 bits per heavy atom. The molecule has 0 saturated heterocycles. The fourth-order valence-electron chi connectivity index (χ4n) is 1.64. The molecule has 1 N–H and O–H groups in total. The van der Waals surface area contributed by atoms with E-state index in [0.717, 1.165) is 6.07 Å². The molecule has 0 aliphatic carbocycles. The maximum Gasteiger partial charge on any atom is 0.181 e. The van der Waals surface area contributed by atoms with Gasteiger partial charge in [-0.05, 0) is 6.07 Å². The van der Waals surface area contributed by atoms with Crippen LogP contribution < -0.4 is 5.43 Å². The van der Waals surface area contributed by atoms with Gasteiger partial charge < -0.3 is 9.67 Å². The lowest BCUT2D eigenvalue weighted by atomic mass is 10.1. The maximum atomic E-state index is 13.4. The molecule has 1 aromatic carbocycles. The zero-order valence-electron chi connectivity index (χ0n) is 9.38. The van der Waals surface area contributed by atoms with Crippen molar-refractivity contribution in [3.63, 3.8) is 0 Å². The second-order valence-corrected chi connectivity index (χ2v) is 3.89. The molecule has 2 rings (SSSR count). The van der Waals surface area contributed by atoms with Crippen molar-refractivity contribution in [3.05, 3.63) is 70.1 Å². The van der Waals surface area contributed by atoms with Crippen molar-refractivity contribution in [2.24, 2.45) is 0 Å². The number of pyridine rings is 1. The van der Waals surface area contributed by atoms with Crippen LogP contribution in [0.15, 0.2) is 47.5 Å². The fourth-order valence-corrected chi connectivity index (χ4v) is 1.64. The predicted octanol–water partition coefficient (Wildman–Crippen LogP) is 1.86. The minimum atomic E-state index is -1.18. The van der Waals surface area contributed by atoms with Gasteiger partial charge in [-0.1, -0.05) is 12.1 Å². The molecule has 0 spiro atoms. The molecule has 3 nitrogen and oxygen atoms in total. The van der Waals surface area contributed by atoms with Crippen LogP contribution in [-0.2, 0) is 6.54 Å². The molecular weight excluding hydrogens is 240 g/mol. The average molecular weight is 251 g/mol. The van der Waals surface area contributed by atoms with Gasteiger partial charge in [0.1, 0.15) is 0 Å². The van der Waals surface area contributed by atoms with Gasteiger partial charge in [-0.25, -0.2) is 8.78 Å². The zero-order valence-corrected chi connectivity index (χ0v) is 9.38. The Balaban J connectivity index is 2.21. The largest absolute Gasteiger partial charge is 0.386 e. The minimum Gasteiger partial charge on any atom is -0.386 e. The predicted molar refractivity (Wildman–Crippen MR) is 62.0 cm³/mol.